The zero-order valence-electron chi connectivity index (χ0n) is 8.84. The summed E-state index contributed by atoms with van der Waals surface area (Å²) in [6.45, 7) is 0. The minimum Gasteiger partial charge on any atom is -0.317 e. The molecule has 0 amide bonds. The fraction of sp³-hybridized carbons (Fsp3) is 1.00. The minimum absolute atomic E-state index is 0.270. The summed E-state index contributed by atoms with van der Waals surface area (Å²) >= 11 is 0. The predicted molar refractivity (Wildman–Crippen MR) is 53.2 cm³/mol. The van der Waals surface area contributed by atoms with Crippen LogP contribution in [0.25, 0.3) is 0 Å². The lowest BCUT2D eigenvalue weighted by Crippen LogP contribution is -2.45. The standard InChI is InChI=1S/C8H15F3N2O2S/c1-12-6-2-4-7(5-3-6)13-16(14,15)8(9,10)11/h6-7,12-13H,2-5H2,1H3. The number of alkyl halides is 3. The Hall–Kier alpha value is -0.340. The zero-order valence-corrected chi connectivity index (χ0v) is 9.66. The second-order valence-electron chi connectivity index (χ2n) is 3.90. The molecule has 0 heterocycles. The smallest absolute Gasteiger partial charge is 0.317 e. The minimum atomic E-state index is -5.22. The van der Waals surface area contributed by atoms with Crippen LogP contribution in [0.2, 0.25) is 0 Å². The van der Waals surface area contributed by atoms with Gasteiger partial charge in [0.2, 0.25) is 0 Å². The summed E-state index contributed by atoms with van der Waals surface area (Å²) in [7, 11) is -3.41. The molecule has 0 unspecified atom stereocenters. The molecule has 0 atom stereocenters. The van der Waals surface area contributed by atoms with Gasteiger partial charge in [0, 0.05) is 12.1 Å². The first-order valence-electron chi connectivity index (χ1n) is 5.02. The molecule has 0 saturated heterocycles. The molecule has 0 aromatic rings. The molecule has 4 nitrogen and oxygen atoms in total. The lowest BCUT2D eigenvalue weighted by Gasteiger charge is -2.28. The summed E-state index contributed by atoms with van der Waals surface area (Å²) in [5, 5.41) is 3.02. The highest BCUT2D eigenvalue weighted by Crippen LogP contribution is 2.25. The van der Waals surface area contributed by atoms with Crippen LogP contribution in [0.3, 0.4) is 0 Å². The highest BCUT2D eigenvalue weighted by molar-refractivity contribution is 7.90. The molecular weight excluding hydrogens is 245 g/mol. The van der Waals surface area contributed by atoms with E-state index in [9.17, 15) is 21.6 Å². The van der Waals surface area contributed by atoms with Crippen LogP contribution in [0, 0.1) is 0 Å². The number of nitrogens with one attached hydrogen (secondary N) is 2. The summed E-state index contributed by atoms with van der Waals surface area (Å²) in [4.78, 5) is 0. The molecule has 8 heteroatoms. The van der Waals surface area contributed by atoms with Gasteiger partial charge >= 0.3 is 15.5 Å². The van der Waals surface area contributed by atoms with Crippen molar-refractivity contribution in [2.24, 2.45) is 0 Å². The Morgan fingerprint density at radius 1 is 1.06 bits per heavy atom. The van der Waals surface area contributed by atoms with Crippen molar-refractivity contribution in [3.8, 4) is 0 Å². The van der Waals surface area contributed by atoms with Gasteiger partial charge in [-0.2, -0.15) is 13.2 Å². The van der Waals surface area contributed by atoms with E-state index in [1.54, 1.807) is 11.8 Å². The summed E-state index contributed by atoms with van der Waals surface area (Å²) < 4.78 is 59.5. The molecule has 2 N–H and O–H groups in total. The third kappa shape index (κ3) is 3.33. The first-order valence-corrected chi connectivity index (χ1v) is 6.50. The number of hydrogen-bond acceptors (Lipinski definition) is 3. The Labute approximate surface area is 92.6 Å². The Kier molecular flexibility index (Phi) is 4.19. The summed E-state index contributed by atoms with van der Waals surface area (Å²) in [5.74, 6) is 0. The van der Waals surface area contributed by atoms with E-state index in [-0.39, 0.29) is 6.04 Å². The third-order valence-electron chi connectivity index (χ3n) is 2.76. The monoisotopic (exact) mass is 260 g/mol. The van der Waals surface area contributed by atoms with Crippen molar-refractivity contribution in [3.05, 3.63) is 0 Å². The molecule has 0 aliphatic heterocycles. The molecule has 1 saturated carbocycles. The molecule has 0 radical (unpaired) electrons. The van der Waals surface area contributed by atoms with E-state index < -0.39 is 21.6 Å². The molecule has 1 aliphatic rings. The second kappa shape index (κ2) is 4.89. The van der Waals surface area contributed by atoms with Crippen LogP contribution in [0.5, 0.6) is 0 Å². The fourth-order valence-electron chi connectivity index (χ4n) is 1.79. The van der Waals surface area contributed by atoms with Crippen molar-refractivity contribution in [1.82, 2.24) is 10.0 Å². The molecule has 0 spiro atoms. The molecule has 1 fully saturated rings. The number of halogens is 3. The van der Waals surface area contributed by atoms with Crippen LogP contribution in [0.15, 0.2) is 0 Å². The topological polar surface area (TPSA) is 58.2 Å². The van der Waals surface area contributed by atoms with Gasteiger partial charge in [0.15, 0.2) is 0 Å². The van der Waals surface area contributed by atoms with Gasteiger partial charge in [-0.05, 0) is 32.7 Å². The van der Waals surface area contributed by atoms with Crippen molar-refractivity contribution in [2.75, 3.05) is 7.05 Å². The number of rotatable bonds is 3. The van der Waals surface area contributed by atoms with Gasteiger partial charge in [0.25, 0.3) is 0 Å². The lowest BCUT2D eigenvalue weighted by molar-refractivity contribution is -0.0452. The lowest BCUT2D eigenvalue weighted by atomic mass is 9.92. The Morgan fingerprint density at radius 3 is 1.88 bits per heavy atom. The largest absolute Gasteiger partial charge is 0.511 e. The molecule has 0 bridgehead atoms. The van der Waals surface area contributed by atoms with E-state index >= 15 is 0 Å². The van der Waals surface area contributed by atoms with Crippen LogP contribution in [-0.4, -0.2) is 33.1 Å². The number of hydrogen-bond donors (Lipinski definition) is 2. The van der Waals surface area contributed by atoms with E-state index in [1.807, 2.05) is 0 Å². The van der Waals surface area contributed by atoms with Crippen LogP contribution >= 0.6 is 0 Å². The maximum absolute atomic E-state index is 12.1. The van der Waals surface area contributed by atoms with Crippen molar-refractivity contribution in [2.45, 2.75) is 43.3 Å². The van der Waals surface area contributed by atoms with Crippen molar-refractivity contribution < 1.29 is 21.6 Å². The highest BCUT2D eigenvalue weighted by atomic mass is 32.2. The zero-order chi connectivity index (χ0) is 12.4. The molecular formula is C8H15F3N2O2S. The van der Waals surface area contributed by atoms with Gasteiger partial charge in [-0.1, -0.05) is 0 Å². The molecule has 96 valence electrons. The van der Waals surface area contributed by atoms with Crippen molar-refractivity contribution in [3.63, 3.8) is 0 Å². The normalized spacial score (nSPS) is 28.0. The van der Waals surface area contributed by atoms with E-state index in [0.717, 1.165) is 0 Å². The Bertz CT molecular complexity index is 321. The van der Waals surface area contributed by atoms with E-state index in [4.69, 9.17) is 0 Å². The van der Waals surface area contributed by atoms with Gasteiger partial charge in [-0.15, -0.1) is 0 Å². The average molecular weight is 260 g/mol. The van der Waals surface area contributed by atoms with Gasteiger partial charge < -0.3 is 5.32 Å². The average Bonchev–Trinajstić information content (AvgIpc) is 2.16. The highest BCUT2D eigenvalue weighted by Gasteiger charge is 2.46. The van der Waals surface area contributed by atoms with Gasteiger partial charge in [0.1, 0.15) is 0 Å². The summed E-state index contributed by atoms with van der Waals surface area (Å²) in [6.07, 6.45) is 2.23. The Morgan fingerprint density at radius 2 is 1.50 bits per heavy atom. The third-order valence-corrected chi connectivity index (χ3v) is 4.02. The number of sulfonamides is 1. The van der Waals surface area contributed by atoms with Crippen LogP contribution in [0.4, 0.5) is 13.2 Å². The molecule has 1 rings (SSSR count). The first kappa shape index (κ1) is 13.7. The van der Waals surface area contributed by atoms with Gasteiger partial charge in [0.05, 0.1) is 0 Å². The van der Waals surface area contributed by atoms with Crippen LogP contribution in [0.1, 0.15) is 25.7 Å². The molecule has 0 aromatic heterocycles. The van der Waals surface area contributed by atoms with Crippen molar-refractivity contribution >= 4 is 10.0 Å². The van der Waals surface area contributed by atoms with Crippen molar-refractivity contribution in [1.29, 1.82) is 0 Å². The molecule has 16 heavy (non-hydrogen) atoms. The summed E-state index contributed by atoms with van der Waals surface area (Å²) in [6, 6.07) is -0.331. The van der Waals surface area contributed by atoms with Gasteiger partial charge in [-0.3, -0.25) is 0 Å². The molecule has 1 aliphatic carbocycles. The SMILES string of the molecule is CNC1CCC(NS(=O)(=O)C(F)(F)F)CC1. The predicted octanol–water partition coefficient (Wildman–Crippen LogP) is 0.956. The first-order chi connectivity index (χ1) is 7.26. The summed E-state index contributed by atoms with van der Waals surface area (Å²) in [5.41, 5.74) is -5.22. The van der Waals surface area contributed by atoms with Gasteiger partial charge in [-0.25, -0.2) is 13.1 Å². The van der Waals surface area contributed by atoms with Crippen LogP contribution < -0.4 is 10.0 Å². The fourth-order valence-corrected chi connectivity index (χ4v) is 2.59. The Balaban J connectivity index is 2.52. The quantitative estimate of drug-likeness (QED) is 0.794. The maximum Gasteiger partial charge on any atom is 0.511 e. The van der Waals surface area contributed by atoms with E-state index in [0.29, 0.717) is 25.7 Å². The van der Waals surface area contributed by atoms with Crippen LogP contribution in [-0.2, 0) is 10.0 Å². The van der Waals surface area contributed by atoms with E-state index in [1.165, 1.54) is 0 Å². The van der Waals surface area contributed by atoms with E-state index in [2.05, 4.69) is 5.32 Å². The molecule has 0 aromatic carbocycles. The maximum atomic E-state index is 12.1. The second-order valence-corrected chi connectivity index (χ2v) is 5.61.